The zero-order valence-corrected chi connectivity index (χ0v) is 15.4. The lowest BCUT2D eigenvalue weighted by molar-refractivity contribution is 0.176. The fourth-order valence-corrected chi connectivity index (χ4v) is 2.86. The number of unbranched alkanes of at least 4 members (excludes halogenated alkanes) is 4. The number of aliphatic hydroxyl groups excluding tert-OH is 1. The number of aryl methyl sites for hydroxylation is 1. The second-order valence-electron chi connectivity index (χ2n) is 6.63. The Morgan fingerprint density at radius 2 is 1.88 bits per heavy atom. The van der Waals surface area contributed by atoms with Gasteiger partial charge in [-0.2, -0.15) is 0 Å². The highest BCUT2D eigenvalue weighted by molar-refractivity contribution is 5.85. The van der Waals surface area contributed by atoms with E-state index in [1.165, 1.54) is 12.8 Å². The number of ether oxygens (including phenoxy) is 1. The van der Waals surface area contributed by atoms with Crippen LogP contribution < -0.4 is 10.3 Å². The van der Waals surface area contributed by atoms with E-state index >= 15 is 0 Å². The second kappa shape index (κ2) is 10.2. The lowest BCUT2D eigenvalue weighted by Gasteiger charge is -2.12. The first-order valence-electron chi connectivity index (χ1n) is 9.44. The molecule has 0 bridgehead atoms. The van der Waals surface area contributed by atoms with Gasteiger partial charge in [0, 0.05) is 6.54 Å². The van der Waals surface area contributed by atoms with Gasteiger partial charge in [-0.05, 0) is 44.7 Å². The van der Waals surface area contributed by atoms with Gasteiger partial charge in [-0.1, -0.05) is 38.3 Å². The van der Waals surface area contributed by atoms with Crippen molar-refractivity contribution in [2.24, 2.45) is 0 Å². The molecule has 0 aliphatic heterocycles. The first kappa shape index (κ1) is 19.4. The van der Waals surface area contributed by atoms with Crippen LogP contribution in [0.1, 0.15) is 58.8 Å². The number of hydrogen-bond donors (Lipinski definition) is 1. The molecule has 0 amide bonds. The summed E-state index contributed by atoms with van der Waals surface area (Å²) in [6.45, 7) is 5.13. The highest BCUT2D eigenvalue weighted by Crippen LogP contribution is 2.20. The Labute approximate surface area is 149 Å². The third kappa shape index (κ3) is 5.85. The van der Waals surface area contributed by atoms with Crippen LogP contribution >= 0.6 is 0 Å². The van der Waals surface area contributed by atoms with Crippen LogP contribution in [0.25, 0.3) is 10.8 Å². The summed E-state index contributed by atoms with van der Waals surface area (Å²) in [5.41, 5.74) is -0.0476. The minimum absolute atomic E-state index is 0.0476. The summed E-state index contributed by atoms with van der Waals surface area (Å²) in [7, 11) is 0. The van der Waals surface area contributed by atoms with Crippen molar-refractivity contribution in [2.45, 2.75) is 71.4 Å². The number of rotatable bonds is 11. The SMILES string of the molecule is CCCCCCn1nc(OCCCCC(C)O)c2ccccc2c1=O. The Bertz CT molecular complexity index is 710. The number of aliphatic hydroxyl groups is 1. The topological polar surface area (TPSA) is 64.3 Å². The molecule has 0 spiro atoms. The van der Waals surface area contributed by atoms with Crippen molar-refractivity contribution in [1.29, 1.82) is 0 Å². The quantitative estimate of drug-likeness (QED) is 0.627. The minimum Gasteiger partial charge on any atom is -0.476 e. The van der Waals surface area contributed by atoms with Crippen LogP contribution in [-0.2, 0) is 6.54 Å². The Kier molecular flexibility index (Phi) is 7.92. The number of fused-ring (bicyclic) bond motifs is 1. The number of nitrogens with zero attached hydrogens (tertiary/aromatic N) is 2. The van der Waals surface area contributed by atoms with Gasteiger partial charge in [0.25, 0.3) is 5.56 Å². The van der Waals surface area contributed by atoms with Crippen molar-refractivity contribution in [2.75, 3.05) is 6.61 Å². The molecule has 0 saturated heterocycles. The van der Waals surface area contributed by atoms with Gasteiger partial charge >= 0.3 is 0 Å². The maximum atomic E-state index is 12.6. The largest absolute Gasteiger partial charge is 0.476 e. The maximum absolute atomic E-state index is 12.6. The molecule has 1 aromatic carbocycles. The van der Waals surface area contributed by atoms with Crippen molar-refractivity contribution < 1.29 is 9.84 Å². The Morgan fingerprint density at radius 1 is 1.12 bits per heavy atom. The third-order valence-corrected chi connectivity index (χ3v) is 4.31. The molecule has 1 heterocycles. The molecule has 5 heteroatoms. The van der Waals surface area contributed by atoms with E-state index in [0.29, 0.717) is 24.4 Å². The molecule has 5 nitrogen and oxygen atoms in total. The van der Waals surface area contributed by atoms with Crippen molar-refractivity contribution in [3.63, 3.8) is 0 Å². The van der Waals surface area contributed by atoms with Gasteiger partial charge < -0.3 is 9.84 Å². The fraction of sp³-hybridized carbons (Fsp3) is 0.600. The molecular weight excluding hydrogens is 316 g/mol. The van der Waals surface area contributed by atoms with Gasteiger partial charge in [-0.25, -0.2) is 4.68 Å². The summed E-state index contributed by atoms with van der Waals surface area (Å²) in [6.07, 6.45) is 6.66. The standard InChI is InChI=1S/C20H30N2O3/c1-3-4-5-9-14-22-20(24)18-13-7-6-12-17(18)19(21-22)25-15-10-8-11-16(2)23/h6-7,12-13,16,23H,3-5,8-11,14-15H2,1-2H3. The Balaban J connectivity index is 2.11. The molecule has 1 unspecified atom stereocenters. The third-order valence-electron chi connectivity index (χ3n) is 4.31. The lowest BCUT2D eigenvalue weighted by atomic mass is 10.2. The molecule has 0 aliphatic carbocycles. The summed E-state index contributed by atoms with van der Waals surface area (Å²) in [5, 5.41) is 15.2. The van der Waals surface area contributed by atoms with Crippen molar-refractivity contribution in [3.8, 4) is 5.88 Å². The van der Waals surface area contributed by atoms with Gasteiger partial charge in [0.15, 0.2) is 0 Å². The van der Waals surface area contributed by atoms with Gasteiger partial charge in [-0.3, -0.25) is 4.79 Å². The minimum atomic E-state index is -0.274. The van der Waals surface area contributed by atoms with E-state index in [1.54, 1.807) is 11.6 Å². The molecule has 25 heavy (non-hydrogen) atoms. The average molecular weight is 346 g/mol. The van der Waals surface area contributed by atoms with E-state index in [4.69, 9.17) is 4.74 Å². The van der Waals surface area contributed by atoms with E-state index in [1.807, 2.05) is 24.3 Å². The predicted molar refractivity (Wildman–Crippen MR) is 101 cm³/mol. The maximum Gasteiger partial charge on any atom is 0.274 e. The van der Waals surface area contributed by atoms with Gasteiger partial charge in [0.1, 0.15) is 0 Å². The number of benzene rings is 1. The van der Waals surface area contributed by atoms with Crippen molar-refractivity contribution >= 4 is 10.8 Å². The molecule has 1 N–H and O–H groups in total. The van der Waals surface area contributed by atoms with Crippen LogP contribution in [0, 0.1) is 0 Å². The van der Waals surface area contributed by atoms with Crippen LogP contribution in [0.2, 0.25) is 0 Å². The summed E-state index contributed by atoms with van der Waals surface area (Å²) in [5.74, 6) is 0.530. The Morgan fingerprint density at radius 3 is 2.60 bits per heavy atom. The predicted octanol–water partition coefficient (Wildman–Crippen LogP) is 3.91. The van der Waals surface area contributed by atoms with Gasteiger partial charge in [-0.15, -0.1) is 5.10 Å². The molecule has 0 saturated carbocycles. The second-order valence-corrected chi connectivity index (χ2v) is 6.63. The fourth-order valence-electron chi connectivity index (χ4n) is 2.86. The smallest absolute Gasteiger partial charge is 0.274 e. The van der Waals surface area contributed by atoms with Crippen LogP contribution in [0.15, 0.2) is 29.1 Å². The summed E-state index contributed by atoms with van der Waals surface area (Å²) in [6, 6.07) is 7.49. The molecule has 2 aromatic rings. The monoisotopic (exact) mass is 346 g/mol. The van der Waals surface area contributed by atoms with Crippen LogP contribution in [0.4, 0.5) is 0 Å². The summed E-state index contributed by atoms with van der Waals surface area (Å²) in [4.78, 5) is 12.6. The molecule has 2 rings (SSSR count). The molecule has 1 aromatic heterocycles. The molecule has 0 radical (unpaired) electrons. The number of aromatic nitrogens is 2. The zero-order valence-electron chi connectivity index (χ0n) is 15.4. The van der Waals surface area contributed by atoms with E-state index in [9.17, 15) is 9.90 Å². The van der Waals surface area contributed by atoms with Crippen LogP contribution in [-0.4, -0.2) is 27.6 Å². The lowest BCUT2D eigenvalue weighted by Crippen LogP contribution is -2.24. The van der Waals surface area contributed by atoms with Gasteiger partial charge in [0.2, 0.25) is 5.88 Å². The zero-order chi connectivity index (χ0) is 18.1. The average Bonchev–Trinajstić information content (AvgIpc) is 2.61. The van der Waals surface area contributed by atoms with Crippen molar-refractivity contribution in [3.05, 3.63) is 34.6 Å². The van der Waals surface area contributed by atoms with Gasteiger partial charge in [0.05, 0.1) is 23.5 Å². The molecular formula is C20H30N2O3. The van der Waals surface area contributed by atoms with E-state index in [2.05, 4.69) is 12.0 Å². The first-order valence-corrected chi connectivity index (χ1v) is 9.44. The van der Waals surface area contributed by atoms with Crippen LogP contribution in [0.5, 0.6) is 5.88 Å². The molecule has 0 aliphatic rings. The van der Waals surface area contributed by atoms with E-state index in [0.717, 1.165) is 37.5 Å². The molecule has 1 atom stereocenters. The summed E-state index contributed by atoms with van der Waals surface area (Å²) >= 11 is 0. The van der Waals surface area contributed by atoms with Crippen LogP contribution in [0.3, 0.4) is 0 Å². The molecule has 0 fully saturated rings. The van der Waals surface area contributed by atoms with E-state index in [-0.39, 0.29) is 11.7 Å². The highest BCUT2D eigenvalue weighted by Gasteiger charge is 2.11. The van der Waals surface area contributed by atoms with E-state index < -0.39 is 0 Å². The summed E-state index contributed by atoms with van der Waals surface area (Å²) < 4.78 is 7.42. The normalized spacial score (nSPS) is 12.4. The van der Waals surface area contributed by atoms with Crippen molar-refractivity contribution in [1.82, 2.24) is 9.78 Å². The molecule has 138 valence electrons. The number of hydrogen-bond acceptors (Lipinski definition) is 4. The highest BCUT2D eigenvalue weighted by atomic mass is 16.5. The Hall–Kier alpha value is -1.88. The first-order chi connectivity index (χ1) is 12.1.